The first-order chi connectivity index (χ1) is 6.70. The molecule has 0 bridgehead atoms. The predicted molar refractivity (Wildman–Crippen MR) is 50.1 cm³/mol. The van der Waals surface area contributed by atoms with Gasteiger partial charge in [-0.3, -0.25) is 4.79 Å². The molecule has 0 aromatic heterocycles. The Morgan fingerprint density at radius 3 is 2.64 bits per heavy atom. The molecule has 1 saturated heterocycles. The molecule has 1 fully saturated rings. The highest BCUT2D eigenvalue weighted by atomic mass is 16.6. The number of hydrogen-bond acceptors (Lipinski definition) is 4. The first-order valence-corrected chi connectivity index (χ1v) is 4.91. The number of rotatable bonds is 5. The Balaban J connectivity index is 2.16. The minimum Gasteiger partial charge on any atom is -0.376 e. The number of Topliss-reactive ketones (excluding diaryl/α,β-unsaturated/α-hetero) is 2. The van der Waals surface area contributed by atoms with Crippen LogP contribution in [0.2, 0.25) is 0 Å². The number of hydrogen-bond donors (Lipinski definition) is 0. The van der Waals surface area contributed by atoms with Crippen LogP contribution in [0.1, 0.15) is 26.2 Å². The molecule has 4 nitrogen and oxygen atoms in total. The number of ketones is 2. The average Bonchev–Trinajstić information content (AvgIpc) is 2.18. The maximum absolute atomic E-state index is 11.5. The lowest BCUT2D eigenvalue weighted by molar-refractivity contribution is -0.145. The first-order valence-electron chi connectivity index (χ1n) is 4.91. The van der Waals surface area contributed by atoms with Crippen molar-refractivity contribution >= 4 is 11.6 Å². The number of ether oxygens (including phenoxy) is 2. The molecule has 0 saturated carbocycles. The van der Waals surface area contributed by atoms with Crippen molar-refractivity contribution in [2.24, 2.45) is 0 Å². The molecule has 4 heteroatoms. The Labute approximate surface area is 83.6 Å². The van der Waals surface area contributed by atoms with E-state index in [2.05, 4.69) is 0 Å². The normalized spacial score (nSPS) is 21.9. The lowest BCUT2D eigenvalue weighted by Gasteiger charge is -2.21. The van der Waals surface area contributed by atoms with Crippen LogP contribution in [0.15, 0.2) is 0 Å². The summed E-state index contributed by atoms with van der Waals surface area (Å²) in [7, 11) is 0. The van der Waals surface area contributed by atoms with Gasteiger partial charge in [-0.1, -0.05) is 0 Å². The van der Waals surface area contributed by atoms with Crippen LogP contribution in [0.3, 0.4) is 0 Å². The second kappa shape index (κ2) is 5.88. The van der Waals surface area contributed by atoms with Gasteiger partial charge in [0.05, 0.1) is 19.8 Å². The minimum atomic E-state index is -0.407. The summed E-state index contributed by atoms with van der Waals surface area (Å²) in [6.45, 7) is 2.95. The van der Waals surface area contributed by atoms with E-state index < -0.39 is 6.10 Å². The second-order valence-electron chi connectivity index (χ2n) is 3.46. The molecule has 1 aliphatic rings. The van der Waals surface area contributed by atoms with Gasteiger partial charge in [0, 0.05) is 12.8 Å². The summed E-state index contributed by atoms with van der Waals surface area (Å²) in [6.07, 6.45) is 1.09. The third-order valence-corrected chi connectivity index (χ3v) is 2.13. The van der Waals surface area contributed by atoms with E-state index in [4.69, 9.17) is 9.47 Å². The van der Waals surface area contributed by atoms with Crippen molar-refractivity contribution in [2.75, 3.05) is 19.8 Å². The largest absolute Gasteiger partial charge is 0.376 e. The molecule has 0 spiro atoms. The van der Waals surface area contributed by atoms with Crippen molar-refractivity contribution in [3.05, 3.63) is 0 Å². The van der Waals surface area contributed by atoms with E-state index in [0.717, 1.165) is 0 Å². The van der Waals surface area contributed by atoms with Crippen LogP contribution in [0, 0.1) is 0 Å². The standard InChI is InChI=1S/C10H16O4/c1-8(11)3-2-4-9(12)10-7-13-5-6-14-10/h10H,2-7H2,1H3. The van der Waals surface area contributed by atoms with Gasteiger partial charge in [0.1, 0.15) is 11.9 Å². The van der Waals surface area contributed by atoms with Crippen LogP contribution in [0.4, 0.5) is 0 Å². The molecule has 1 atom stereocenters. The van der Waals surface area contributed by atoms with Gasteiger partial charge >= 0.3 is 0 Å². The van der Waals surface area contributed by atoms with E-state index in [1.165, 1.54) is 6.92 Å². The van der Waals surface area contributed by atoms with Crippen LogP contribution in [0.25, 0.3) is 0 Å². The van der Waals surface area contributed by atoms with Gasteiger partial charge in [-0.05, 0) is 13.3 Å². The fraction of sp³-hybridized carbons (Fsp3) is 0.800. The molecular formula is C10H16O4. The van der Waals surface area contributed by atoms with E-state index >= 15 is 0 Å². The van der Waals surface area contributed by atoms with Crippen LogP contribution >= 0.6 is 0 Å². The quantitative estimate of drug-likeness (QED) is 0.656. The topological polar surface area (TPSA) is 52.6 Å². The summed E-state index contributed by atoms with van der Waals surface area (Å²) >= 11 is 0. The van der Waals surface area contributed by atoms with Gasteiger partial charge in [-0.25, -0.2) is 0 Å². The average molecular weight is 200 g/mol. The molecule has 0 aromatic rings. The van der Waals surface area contributed by atoms with Crippen molar-refractivity contribution in [3.63, 3.8) is 0 Å². The summed E-state index contributed by atoms with van der Waals surface area (Å²) in [4.78, 5) is 22.1. The second-order valence-corrected chi connectivity index (χ2v) is 3.46. The van der Waals surface area contributed by atoms with Crippen molar-refractivity contribution in [1.29, 1.82) is 0 Å². The number of carbonyl (C=O) groups excluding carboxylic acids is 2. The Bertz CT molecular complexity index is 206. The molecule has 1 unspecified atom stereocenters. The molecular weight excluding hydrogens is 184 g/mol. The molecule has 0 aliphatic carbocycles. The summed E-state index contributed by atoms with van der Waals surface area (Å²) in [5, 5.41) is 0. The van der Waals surface area contributed by atoms with E-state index in [1.807, 2.05) is 0 Å². The maximum atomic E-state index is 11.5. The zero-order valence-corrected chi connectivity index (χ0v) is 8.45. The summed E-state index contributed by atoms with van der Waals surface area (Å²) in [5.41, 5.74) is 0. The predicted octanol–water partition coefficient (Wildman–Crippen LogP) is 0.730. The first kappa shape index (κ1) is 11.3. The Morgan fingerprint density at radius 1 is 1.29 bits per heavy atom. The Hall–Kier alpha value is -0.740. The number of carbonyl (C=O) groups is 2. The zero-order valence-electron chi connectivity index (χ0n) is 8.45. The minimum absolute atomic E-state index is 0.0472. The zero-order chi connectivity index (χ0) is 10.4. The Kier molecular flexibility index (Phi) is 4.76. The van der Waals surface area contributed by atoms with Gasteiger partial charge in [-0.2, -0.15) is 0 Å². The highest BCUT2D eigenvalue weighted by molar-refractivity contribution is 5.84. The molecule has 1 heterocycles. The molecule has 80 valence electrons. The highest BCUT2D eigenvalue weighted by Gasteiger charge is 2.21. The smallest absolute Gasteiger partial charge is 0.163 e. The highest BCUT2D eigenvalue weighted by Crippen LogP contribution is 2.07. The van der Waals surface area contributed by atoms with Crippen molar-refractivity contribution in [1.82, 2.24) is 0 Å². The molecule has 0 aromatic carbocycles. The summed E-state index contributed by atoms with van der Waals surface area (Å²) in [5.74, 6) is 0.171. The third-order valence-electron chi connectivity index (χ3n) is 2.13. The lowest BCUT2D eigenvalue weighted by Crippen LogP contribution is -2.35. The van der Waals surface area contributed by atoms with Gasteiger partial charge < -0.3 is 14.3 Å². The monoisotopic (exact) mass is 200 g/mol. The molecule has 0 amide bonds. The Morgan fingerprint density at radius 2 is 2.07 bits per heavy atom. The lowest BCUT2D eigenvalue weighted by atomic mass is 10.1. The van der Waals surface area contributed by atoms with E-state index in [-0.39, 0.29) is 11.6 Å². The summed E-state index contributed by atoms with van der Waals surface area (Å²) < 4.78 is 10.4. The molecule has 14 heavy (non-hydrogen) atoms. The maximum Gasteiger partial charge on any atom is 0.163 e. The van der Waals surface area contributed by atoms with Crippen LogP contribution in [-0.2, 0) is 19.1 Å². The van der Waals surface area contributed by atoms with E-state index in [0.29, 0.717) is 39.1 Å². The fourth-order valence-electron chi connectivity index (χ4n) is 1.35. The van der Waals surface area contributed by atoms with Crippen molar-refractivity contribution < 1.29 is 19.1 Å². The van der Waals surface area contributed by atoms with Gasteiger partial charge in [-0.15, -0.1) is 0 Å². The molecule has 1 rings (SSSR count). The third kappa shape index (κ3) is 3.98. The van der Waals surface area contributed by atoms with Gasteiger partial charge in [0.25, 0.3) is 0 Å². The SMILES string of the molecule is CC(=O)CCCC(=O)C1COCCO1. The van der Waals surface area contributed by atoms with Crippen molar-refractivity contribution in [2.45, 2.75) is 32.3 Å². The van der Waals surface area contributed by atoms with Gasteiger partial charge in [0.15, 0.2) is 5.78 Å². The van der Waals surface area contributed by atoms with E-state index in [1.54, 1.807) is 0 Å². The summed E-state index contributed by atoms with van der Waals surface area (Å²) in [6, 6.07) is 0. The molecule has 1 aliphatic heterocycles. The van der Waals surface area contributed by atoms with Crippen LogP contribution < -0.4 is 0 Å². The molecule has 0 radical (unpaired) electrons. The fourth-order valence-corrected chi connectivity index (χ4v) is 1.35. The van der Waals surface area contributed by atoms with Crippen LogP contribution in [-0.4, -0.2) is 37.5 Å². The van der Waals surface area contributed by atoms with Gasteiger partial charge in [0.2, 0.25) is 0 Å². The van der Waals surface area contributed by atoms with E-state index in [9.17, 15) is 9.59 Å². The molecule has 0 N–H and O–H groups in total. The van der Waals surface area contributed by atoms with Crippen molar-refractivity contribution in [3.8, 4) is 0 Å². The van der Waals surface area contributed by atoms with Crippen LogP contribution in [0.5, 0.6) is 0 Å².